The zero-order chi connectivity index (χ0) is 19.3. The Labute approximate surface area is 158 Å². The smallest absolute Gasteiger partial charge is 0.168 e. The zero-order valence-electron chi connectivity index (χ0n) is 17.0. The van der Waals surface area contributed by atoms with Gasteiger partial charge in [-0.05, 0) is 69.8 Å². The maximum Gasteiger partial charge on any atom is 0.168 e. The average molecular weight is 363 g/mol. The second-order valence-corrected chi connectivity index (χ2v) is 9.42. The summed E-state index contributed by atoms with van der Waals surface area (Å²) >= 11 is 5.37. The lowest BCUT2D eigenvalue weighted by Gasteiger charge is -2.24. The van der Waals surface area contributed by atoms with Crippen molar-refractivity contribution in [2.45, 2.75) is 78.4 Å². The summed E-state index contributed by atoms with van der Waals surface area (Å²) in [6, 6.07) is 8.81. The largest absolute Gasteiger partial charge is 0.362 e. The molecule has 0 aliphatic carbocycles. The summed E-state index contributed by atoms with van der Waals surface area (Å²) in [4.78, 5) is 0. The van der Waals surface area contributed by atoms with E-state index >= 15 is 0 Å². The highest BCUT2D eigenvalue weighted by Gasteiger charge is 2.19. The van der Waals surface area contributed by atoms with Gasteiger partial charge < -0.3 is 10.6 Å². The van der Waals surface area contributed by atoms with Crippen LogP contribution in [0.2, 0.25) is 0 Å². The minimum atomic E-state index is -0.522. The Morgan fingerprint density at radius 3 is 1.96 bits per heavy atom. The van der Waals surface area contributed by atoms with Crippen LogP contribution in [0.15, 0.2) is 34.5 Å². The third-order valence-corrected chi connectivity index (χ3v) is 3.79. The highest BCUT2D eigenvalue weighted by atomic mass is 32.1. The fourth-order valence-corrected chi connectivity index (χ4v) is 2.47. The number of nitrogens with zero attached hydrogens (tertiary/aromatic N) is 2. The first-order chi connectivity index (χ1) is 11.3. The van der Waals surface area contributed by atoms with Crippen LogP contribution in [-0.2, 0) is 11.8 Å². The molecule has 1 aromatic carbocycles. The Hall–Kier alpha value is -1.49. The van der Waals surface area contributed by atoms with E-state index in [9.17, 15) is 0 Å². The minimum absolute atomic E-state index is 0.187. The first-order valence-corrected chi connectivity index (χ1v) is 9.29. The molecule has 4 nitrogen and oxygen atoms in total. The molecule has 0 atom stereocenters. The molecule has 0 unspecified atom stereocenters. The van der Waals surface area contributed by atoms with Crippen molar-refractivity contribution in [3.05, 3.63) is 35.4 Å². The Morgan fingerprint density at radius 2 is 1.48 bits per heavy atom. The summed E-state index contributed by atoms with van der Waals surface area (Å²) in [6.45, 7) is 17.5. The van der Waals surface area contributed by atoms with Crippen LogP contribution in [0.1, 0.15) is 66.5 Å². The molecular weight excluding hydrogens is 328 g/mol. The molecule has 0 aromatic heterocycles. The van der Waals surface area contributed by atoms with Crippen LogP contribution in [0, 0.1) is 0 Å². The van der Waals surface area contributed by atoms with Crippen molar-refractivity contribution in [2.24, 2.45) is 10.2 Å². The van der Waals surface area contributed by atoms with Gasteiger partial charge in [-0.15, -0.1) is 0 Å². The Bertz CT molecular complexity index is 590. The summed E-state index contributed by atoms with van der Waals surface area (Å²) in [7, 11) is 0. The second-order valence-electron chi connectivity index (χ2n) is 9.01. The molecule has 0 saturated carbocycles. The van der Waals surface area contributed by atoms with Gasteiger partial charge in [0, 0.05) is 6.54 Å². The molecule has 0 aliphatic rings. The van der Waals surface area contributed by atoms with Crippen molar-refractivity contribution >= 4 is 17.3 Å². The lowest BCUT2D eigenvalue weighted by molar-refractivity contribution is 0.414. The van der Waals surface area contributed by atoms with Gasteiger partial charge in [-0.1, -0.05) is 45.0 Å². The van der Waals surface area contributed by atoms with Gasteiger partial charge in [-0.3, -0.25) is 0 Å². The van der Waals surface area contributed by atoms with Crippen molar-refractivity contribution < 1.29 is 0 Å². The highest BCUT2D eigenvalue weighted by molar-refractivity contribution is 7.80. The van der Waals surface area contributed by atoms with E-state index in [1.54, 1.807) is 0 Å². The third-order valence-electron chi connectivity index (χ3n) is 3.54. The fraction of sp³-hybridized carbons (Fsp3) is 0.650. The van der Waals surface area contributed by atoms with Crippen LogP contribution in [0.25, 0.3) is 0 Å². The number of hydrogen-bond acceptors (Lipinski definition) is 3. The van der Waals surface area contributed by atoms with Crippen LogP contribution in [0.3, 0.4) is 0 Å². The van der Waals surface area contributed by atoms with Crippen molar-refractivity contribution in [3.8, 4) is 0 Å². The van der Waals surface area contributed by atoms with Crippen LogP contribution in [-0.4, -0.2) is 22.9 Å². The molecule has 5 heteroatoms. The number of rotatable bonds is 5. The Balaban J connectivity index is 2.46. The molecule has 0 saturated heterocycles. The molecule has 25 heavy (non-hydrogen) atoms. The lowest BCUT2D eigenvalue weighted by Crippen LogP contribution is -2.47. The number of benzene rings is 1. The van der Waals surface area contributed by atoms with E-state index in [1.165, 1.54) is 11.1 Å². The quantitative estimate of drug-likeness (QED) is 0.574. The van der Waals surface area contributed by atoms with Gasteiger partial charge in [0.1, 0.15) is 5.66 Å². The summed E-state index contributed by atoms with van der Waals surface area (Å²) in [6.07, 6.45) is 0.927. The molecule has 0 bridgehead atoms. The average Bonchev–Trinajstić information content (AvgIpc) is 2.44. The number of azo groups is 1. The molecule has 1 rings (SSSR count). The van der Waals surface area contributed by atoms with Gasteiger partial charge in [-0.25, -0.2) is 0 Å². The van der Waals surface area contributed by atoms with Gasteiger partial charge in [0.2, 0.25) is 0 Å². The van der Waals surface area contributed by atoms with Crippen LogP contribution in [0.4, 0.5) is 0 Å². The Kier molecular flexibility index (Phi) is 7.12. The molecule has 0 aliphatic heterocycles. The van der Waals surface area contributed by atoms with E-state index in [-0.39, 0.29) is 11.0 Å². The molecule has 140 valence electrons. The third kappa shape index (κ3) is 8.96. The first kappa shape index (κ1) is 21.6. The topological polar surface area (TPSA) is 48.8 Å². The van der Waals surface area contributed by atoms with Gasteiger partial charge in [0.25, 0.3) is 0 Å². The lowest BCUT2D eigenvalue weighted by atomic mass is 9.86. The van der Waals surface area contributed by atoms with Crippen LogP contribution >= 0.6 is 12.2 Å². The molecule has 0 fully saturated rings. The van der Waals surface area contributed by atoms with E-state index in [0.29, 0.717) is 5.11 Å². The molecular formula is C20H34N4S. The maximum atomic E-state index is 5.37. The molecule has 0 radical (unpaired) electrons. The molecule has 2 N–H and O–H groups in total. The van der Waals surface area contributed by atoms with Crippen LogP contribution in [0.5, 0.6) is 0 Å². The van der Waals surface area contributed by atoms with Crippen molar-refractivity contribution in [3.63, 3.8) is 0 Å². The monoisotopic (exact) mass is 362 g/mol. The predicted molar refractivity (Wildman–Crippen MR) is 111 cm³/mol. The summed E-state index contributed by atoms with van der Waals surface area (Å²) in [5.74, 6) is 0. The molecule has 0 heterocycles. The summed E-state index contributed by atoms with van der Waals surface area (Å²) < 4.78 is 0. The standard InChI is InChI=1S/C20H34N4S/c1-18(2,3)16-11-9-15(10-12-16)13-14-21-17(25)22-20(7,8)24-23-19(4,5)6/h9-12H,13-14H2,1-8H3,(H2,21,22,25). The second kappa shape index (κ2) is 8.26. The zero-order valence-corrected chi connectivity index (χ0v) is 17.8. The van der Waals surface area contributed by atoms with Gasteiger partial charge in [0.15, 0.2) is 5.11 Å². The number of hydrogen-bond donors (Lipinski definition) is 2. The maximum absolute atomic E-state index is 5.37. The van der Waals surface area contributed by atoms with E-state index < -0.39 is 5.66 Å². The van der Waals surface area contributed by atoms with Crippen molar-refractivity contribution in [2.75, 3.05) is 6.54 Å². The number of nitrogens with one attached hydrogen (secondary N) is 2. The number of thiocarbonyl (C=S) groups is 1. The van der Waals surface area contributed by atoms with Crippen LogP contribution < -0.4 is 10.6 Å². The normalized spacial score (nSPS) is 13.1. The van der Waals surface area contributed by atoms with E-state index in [0.717, 1.165) is 13.0 Å². The summed E-state index contributed by atoms with van der Waals surface area (Å²) in [5.41, 5.74) is 2.14. The fourth-order valence-electron chi connectivity index (χ4n) is 2.11. The van der Waals surface area contributed by atoms with E-state index in [1.807, 2.05) is 34.6 Å². The van der Waals surface area contributed by atoms with Crippen molar-refractivity contribution in [1.82, 2.24) is 10.6 Å². The minimum Gasteiger partial charge on any atom is -0.362 e. The van der Waals surface area contributed by atoms with E-state index in [4.69, 9.17) is 12.2 Å². The highest BCUT2D eigenvalue weighted by Crippen LogP contribution is 2.22. The molecule has 1 aromatic rings. The van der Waals surface area contributed by atoms with Crippen molar-refractivity contribution in [1.29, 1.82) is 0 Å². The molecule has 0 spiro atoms. The van der Waals surface area contributed by atoms with Gasteiger partial charge in [-0.2, -0.15) is 10.2 Å². The predicted octanol–water partition coefficient (Wildman–Crippen LogP) is 4.98. The van der Waals surface area contributed by atoms with Gasteiger partial charge >= 0.3 is 0 Å². The van der Waals surface area contributed by atoms with E-state index in [2.05, 4.69) is 65.9 Å². The Morgan fingerprint density at radius 1 is 0.920 bits per heavy atom. The molecule has 0 amide bonds. The first-order valence-electron chi connectivity index (χ1n) is 8.88. The summed E-state index contributed by atoms with van der Waals surface area (Å²) in [5, 5.41) is 15.7. The SMILES string of the molecule is CC(C)(C)N=NC(C)(C)NC(=S)NCCc1ccc(C(C)(C)C)cc1. The van der Waals surface area contributed by atoms with Gasteiger partial charge in [0.05, 0.1) is 5.54 Å².